The van der Waals surface area contributed by atoms with Crippen LogP contribution in [0.15, 0.2) is 59.5 Å². The maximum absolute atomic E-state index is 12.9. The molecule has 7 heteroatoms. The molecule has 1 fully saturated rings. The molecule has 1 aliphatic carbocycles. The number of anilines is 2. The molecule has 2 aromatic rings. The Balaban J connectivity index is 1.77. The van der Waals surface area contributed by atoms with Crippen molar-refractivity contribution in [3.63, 3.8) is 0 Å². The molecule has 27 heavy (non-hydrogen) atoms. The average molecular weight is 388 g/mol. The minimum Gasteiger partial charge on any atom is -0.328 e. The molecule has 1 amide bonds. The summed E-state index contributed by atoms with van der Waals surface area (Å²) in [4.78, 5) is 12.6. The largest absolute Gasteiger partial charge is 0.328 e. The lowest BCUT2D eigenvalue weighted by Crippen LogP contribution is -2.34. The van der Waals surface area contributed by atoms with Gasteiger partial charge in [0.25, 0.3) is 10.0 Å². The zero-order valence-corrected chi connectivity index (χ0v) is 16.2. The van der Waals surface area contributed by atoms with Gasteiger partial charge in [0.05, 0.1) is 10.6 Å². The van der Waals surface area contributed by atoms with Gasteiger partial charge in [-0.2, -0.15) is 0 Å². The summed E-state index contributed by atoms with van der Waals surface area (Å²) in [5, 5.41) is 2.85. The van der Waals surface area contributed by atoms with Crippen LogP contribution >= 0.6 is 0 Å². The Bertz CT molecular complexity index is 900. The quantitative estimate of drug-likeness (QED) is 0.825. The summed E-state index contributed by atoms with van der Waals surface area (Å²) in [5.74, 6) is -0.225. The van der Waals surface area contributed by atoms with Gasteiger partial charge in [-0.3, -0.25) is 9.10 Å². The van der Waals surface area contributed by atoms with E-state index in [1.165, 1.54) is 23.5 Å². The first-order chi connectivity index (χ1) is 12.9. The Morgan fingerprint density at radius 2 is 1.85 bits per heavy atom. The second-order valence-corrected chi connectivity index (χ2v) is 8.92. The summed E-state index contributed by atoms with van der Waals surface area (Å²) in [5.41, 5.74) is 7.01. The van der Waals surface area contributed by atoms with E-state index in [4.69, 9.17) is 5.73 Å². The van der Waals surface area contributed by atoms with Crippen molar-refractivity contribution in [3.05, 3.63) is 54.6 Å². The van der Waals surface area contributed by atoms with Crippen molar-refractivity contribution in [2.75, 3.05) is 16.7 Å². The van der Waals surface area contributed by atoms with E-state index in [9.17, 15) is 13.2 Å². The van der Waals surface area contributed by atoms with Gasteiger partial charge in [-0.05, 0) is 49.6 Å². The van der Waals surface area contributed by atoms with Gasteiger partial charge in [0, 0.05) is 24.7 Å². The van der Waals surface area contributed by atoms with Crippen molar-refractivity contribution in [3.8, 4) is 0 Å². The third-order valence-electron chi connectivity index (χ3n) is 4.97. The van der Waals surface area contributed by atoms with Crippen molar-refractivity contribution < 1.29 is 13.2 Å². The maximum atomic E-state index is 12.9. The summed E-state index contributed by atoms with van der Waals surface area (Å²) >= 11 is 0. The standard InChI is InChI=1S/C20H25N3O3S/c1-23(18-10-3-2-4-11-18)27(25,26)19-12-6-9-17(14-19)22-20(24)15-7-5-8-16(21)13-15/h2-4,6,9-12,14-16H,5,7-8,13,21H2,1H3,(H,22,24). The number of nitrogens with two attached hydrogens (primary N) is 1. The van der Waals surface area contributed by atoms with Crippen LogP contribution in [0.3, 0.4) is 0 Å². The third-order valence-corrected chi connectivity index (χ3v) is 6.75. The normalized spacial score (nSPS) is 20.1. The molecule has 0 bridgehead atoms. The van der Waals surface area contributed by atoms with Crippen molar-refractivity contribution in [1.29, 1.82) is 0 Å². The predicted octanol–water partition coefficient (Wildman–Crippen LogP) is 2.97. The fraction of sp³-hybridized carbons (Fsp3) is 0.350. The molecule has 2 unspecified atom stereocenters. The molecule has 3 N–H and O–H groups in total. The van der Waals surface area contributed by atoms with Crippen molar-refractivity contribution in [2.45, 2.75) is 36.6 Å². The number of hydrogen-bond donors (Lipinski definition) is 2. The summed E-state index contributed by atoms with van der Waals surface area (Å²) < 4.78 is 27.1. The second-order valence-electron chi connectivity index (χ2n) is 6.95. The maximum Gasteiger partial charge on any atom is 0.264 e. The van der Waals surface area contributed by atoms with E-state index in [2.05, 4.69) is 5.32 Å². The van der Waals surface area contributed by atoms with Gasteiger partial charge < -0.3 is 11.1 Å². The number of sulfonamides is 1. The number of benzene rings is 2. The molecule has 0 spiro atoms. The Kier molecular flexibility index (Phi) is 5.82. The minimum absolute atomic E-state index is 0.0562. The highest BCUT2D eigenvalue weighted by Gasteiger charge is 2.26. The Hall–Kier alpha value is -2.38. The smallest absolute Gasteiger partial charge is 0.264 e. The number of nitrogens with one attached hydrogen (secondary N) is 1. The van der Waals surface area contributed by atoms with Gasteiger partial charge in [0.2, 0.25) is 5.91 Å². The predicted molar refractivity (Wildman–Crippen MR) is 107 cm³/mol. The van der Waals surface area contributed by atoms with Gasteiger partial charge >= 0.3 is 0 Å². The van der Waals surface area contributed by atoms with Gasteiger partial charge in [0.1, 0.15) is 0 Å². The SMILES string of the molecule is CN(c1ccccc1)S(=O)(=O)c1cccc(NC(=O)C2CCCC(N)C2)c1. The molecule has 0 heterocycles. The van der Waals surface area contributed by atoms with Crippen LogP contribution in [0.1, 0.15) is 25.7 Å². The molecule has 0 radical (unpaired) electrons. The number of carbonyl (C=O) groups is 1. The molecule has 144 valence electrons. The molecular formula is C20H25N3O3S. The second kappa shape index (κ2) is 8.10. The van der Waals surface area contributed by atoms with E-state index in [1.807, 2.05) is 6.07 Å². The number of rotatable bonds is 5. The van der Waals surface area contributed by atoms with E-state index in [-0.39, 0.29) is 22.8 Å². The molecule has 0 saturated heterocycles. The third kappa shape index (κ3) is 4.48. The van der Waals surface area contributed by atoms with E-state index in [1.54, 1.807) is 36.4 Å². The highest BCUT2D eigenvalue weighted by atomic mass is 32.2. The van der Waals surface area contributed by atoms with E-state index < -0.39 is 10.0 Å². The van der Waals surface area contributed by atoms with Gasteiger partial charge in [0.15, 0.2) is 0 Å². The average Bonchev–Trinajstić information content (AvgIpc) is 2.68. The minimum atomic E-state index is -3.72. The molecular weight excluding hydrogens is 362 g/mol. The molecule has 2 atom stereocenters. The first-order valence-corrected chi connectivity index (χ1v) is 10.5. The van der Waals surface area contributed by atoms with Crippen LogP contribution in [-0.2, 0) is 14.8 Å². The zero-order chi connectivity index (χ0) is 19.4. The molecule has 2 aromatic carbocycles. The lowest BCUT2D eigenvalue weighted by molar-refractivity contribution is -0.120. The highest BCUT2D eigenvalue weighted by Crippen LogP contribution is 2.26. The molecule has 1 aliphatic rings. The zero-order valence-electron chi connectivity index (χ0n) is 15.3. The number of amides is 1. The van der Waals surface area contributed by atoms with Gasteiger partial charge in [-0.1, -0.05) is 30.7 Å². The van der Waals surface area contributed by atoms with E-state index >= 15 is 0 Å². The monoisotopic (exact) mass is 387 g/mol. The van der Waals surface area contributed by atoms with Crippen LogP contribution in [0.2, 0.25) is 0 Å². The van der Waals surface area contributed by atoms with Crippen molar-refractivity contribution in [2.24, 2.45) is 11.7 Å². The van der Waals surface area contributed by atoms with Crippen molar-refractivity contribution in [1.82, 2.24) is 0 Å². The summed E-state index contributed by atoms with van der Waals surface area (Å²) in [6.45, 7) is 0. The fourth-order valence-corrected chi connectivity index (χ4v) is 4.62. The summed E-state index contributed by atoms with van der Waals surface area (Å²) in [6.07, 6.45) is 3.37. The topological polar surface area (TPSA) is 92.5 Å². The number of hydrogen-bond acceptors (Lipinski definition) is 4. The Morgan fingerprint density at radius 1 is 1.11 bits per heavy atom. The van der Waals surface area contributed by atoms with Gasteiger partial charge in [-0.25, -0.2) is 8.42 Å². The molecule has 0 aromatic heterocycles. The van der Waals surface area contributed by atoms with Crippen LogP contribution < -0.4 is 15.4 Å². The number of carbonyl (C=O) groups excluding carboxylic acids is 1. The Labute approximate surface area is 160 Å². The summed E-state index contributed by atoms with van der Waals surface area (Å²) in [7, 11) is -2.21. The Morgan fingerprint density at radius 3 is 2.56 bits per heavy atom. The lowest BCUT2D eigenvalue weighted by atomic mass is 9.85. The molecule has 1 saturated carbocycles. The molecule has 0 aliphatic heterocycles. The lowest BCUT2D eigenvalue weighted by Gasteiger charge is -2.25. The molecule has 6 nitrogen and oxygen atoms in total. The van der Waals surface area contributed by atoms with Crippen LogP contribution in [-0.4, -0.2) is 27.4 Å². The van der Waals surface area contributed by atoms with E-state index in [0.717, 1.165) is 19.3 Å². The van der Waals surface area contributed by atoms with Crippen molar-refractivity contribution >= 4 is 27.3 Å². The van der Waals surface area contributed by atoms with Gasteiger partial charge in [-0.15, -0.1) is 0 Å². The highest BCUT2D eigenvalue weighted by molar-refractivity contribution is 7.92. The summed E-state index contributed by atoms with van der Waals surface area (Å²) in [6, 6.07) is 15.3. The first kappa shape index (κ1) is 19.4. The number of para-hydroxylation sites is 1. The fourth-order valence-electron chi connectivity index (χ4n) is 3.38. The first-order valence-electron chi connectivity index (χ1n) is 9.08. The van der Waals surface area contributed by atoms with Crippen LogP contribution in [0.25, 0.3) is 0 Å². The van der Waals surface area contributed by atoms with E-state index in [0.29, 0.717) is 17.8 Å². The molecule has 3 rings (SSSR count). The van der Waals surface area contributed by atoms with Crippen LogP contribution in [0.5, 0.6) is 0 Å². The number of nitrogens with zero attached hydrogens (tertiary/aromatic N) is 1. The van der Waals surface area contributed by atoms with Crippen LogP contribution in [0.4, 0.5) is 11.4 Å². The van der Waals surface area contributed by atoms with Crippen LogP contribution in [0, 0.1) is 5.92 Å².